The van der Waals surface area contributed by atoms with Crippen LogP contribution in [0.4, 0.5) is 0 Å². The van der Waals surface area contributed by atoms with Crippen LogP contribution in [0.5, 0.6) is 0 Å². The second kappa shape index (κ2) is 7.46. The van der Waals surface area contributed by atoms with Gasteiger partial charge in [-0.05, 0) is 25.3 Å². The van der Waals surface area contributed by atoms with Crippen LogP contribution in [0.3, 0.4) is 0 Å². The van der Waals surface area contributed by atoms with Crippen molar-refractivity contribution in [2.45, 2.75) is 33.7 Å². The van der Waals surface area contributed by atoms with Gasteiger partial charge in [0, 0.05) is 19.2 Å². The van der Waals surface area contributed by atoms with Crippen LogP contribution in [0, 0.1) is 12.8 Å². The molecule has 1 aromatic carbocycles. The zero-order valence-electron chi connectivity index (χ0n) is 11.5. The van der Waals surface area contributed by atoms with Gasteiger partial charge in [-0.25, -0.2) is 0 Å². The van der Waals surface area contributed by atoms with Gasteiger partial charge >= 0.3 is 0 Å². The zero-order valence-corrected chi connectivity index (χ0v) is 11.5. The second-order valence-electron chi connectivity index (χ2n) is 5.06. The van der Waals surface area contributed by atoms with Crippen LogP contribution >= 0.6 is 0 Å². The number of hydrogen-bond acceptors (Lipinski definition) is 2. The highest BCUT2D eigenvalue weighted by molar-refractivity contribution is 5.23. The molecule has 0 aliphatic heterocycles. The Morgan fingerprint density at radius 2 is 1.76 bits per heavy atom. The normalized spacial score (nSPS) is 13.0. The smallest absolute Gasteiger partial charge is 0.0591 e. The first-order valence-electron chi connectivity index (χ1n) is 6.47. The average Bonchev–Trinajstić information content (AvgIpc) is 2.29. The standard InChI is InChI=1S/C15H25NO/c1-12(2)11-17-10-9-16-14(4)15-7-5-13(3)6-8-15/h5-8,12,14,16H,9-11H2,1-4H3/t14-/m0/s1. The molecule has 2 nitrogen and oxygen atoms in total. The lowest BCUT2D eigenvalue weighted by atomic mass is 10.1. The van der Waals surface area contributed by atoms with Gasteiger partial charge in [0.15, 0.2) is 0 Å². The molecular formula is C15H25NO. The molecule has 1 rings (SSSR count). The molecule has 2 heteroatoms. The van der Waals surface area contributed by atoms with E-state index in [0.717, 1.165) is 19.8 Å². The van der Waals surface area contributed by atoms with E-state index in [2.05, 4.69) is 57.3 Å². The molecule has 0 amide bonds. The average molecular weight is 235 g/mol. The van der Waals surface area contributed by atoms with Crippen LogP contribution in [-0.4, -0.2) is 19.8 Å². The number of hydrogen-bond donors (Lipinski definition) is 1. The fraction of sp³-hybridized carbons (Fsp3) is 0.600. The third-order valence-electron chi connectivity index (χ3n) is 2.73. The first kappa shape index (κ1) is 14.2. The van der Waals surface area contributed by atoms with Crippen LogP contribution in [0.15, 0.2) is 24.3 Å². The van der Waals surface area contributed by atoms with Crippen molar-refractivity contribution in [2.24, 2.45) is 5.92 Å². The maximum atomic E-state index is 5.54. The molecule has 1 aromatic rings. The molecule has 0 saturated heterocycles. The van der Waals surface area contributed by atoms with E-state index in [-0.39, 0.29) is 0 Å². The fourth-order valence-corrected chi connectivity index (χ4v) is 1.64. The van der Waals surface area contributed by atoms with Crippen molar-refractivity contribution in [2.75, 3.05) is 19.8 Å². The summed E-state index contributed by atoms with van der Waals surface area (Å²) in [6, 6.07) is 9.06. The molecule has 0 fully saturated rings. The summed E-state index contributed by atoms with van der Waals surface area (Å²) in [4.78, 5) is 0. The van der Waals surface area contributed by atoms with Gasteiger partial charge in [-0.15, -0.1) is 0 Å². The quantitative estimate of drug-likeness (QED) is 0.732. The van der Waals surface area contributed by atoms with E-state index in [4.69, 9.17) is 4.74 Å². The third kappa shape index (κ3) is 5.85. The molecule has 17 heavy (non-hydrogen) atoms. The van der Waals surface area contributed by atoms with Crippen molar-refractivity contribution in [3.8, 4) is 0 Å². The van der Waals surface area contributed by atoms with E-state index < -0.39 is 0 Å². The maximum Gasteiger partial charge on any atom is 0.0591 e. The van der Waals surface area contributed by atoms with Gasteiger partial charge in [0.05, 0.1) is 6.61 Å². The predicted molar refractivity (Wildman–Crippen MR) is 73.3 cm³/mol. The summed E-state index contributed by atoms with van der Waals surface area (Å²) in [5, 5.41) is 3.47. The Morgan fingerprint density at radius 1 is 1.12 bits per heavy atom. The first-order valence-corrected chi connectivity index (χ1v) is 6.47. The van der Waals surface area contributed by atoms with Gasteiger partial charge < -0.3 is 10.1 Å². The molecule has 0 bridgehead atoms. The summed E-state index contributed by atoms with van der Waals surface area (Å²) in [6.45, 7) is 11.2. The molecule has 0 aromatic heterocycles. The van der Waals surface area contributed by atoms with Crippen molar-refractivity contribution >= 4 is 0 Å². The number of ether oxygens (including phenoxy) is 1. The van der Waals surface area contributed by atoms with E-state index in [9.17, 15) is 0 Å². The maximum absolute atomic E-state index is 5.54. The lowest BCUT2D eigenvalue weighted by Gasteiger charge is -2.15. The molecule has 0 aliphatic rings. The highest BCUT2D eigenvalue weighted by atomic mass is 16.5. The molecule has 96 valence electrons. The van der Waals surface area contributed by atoms with Crippen molar-refractivity contribution in [3.05, 3.63) is 35.4 Å². The molecule has 0 heterocycles. The molecule has 1 N–H and O–H groups in total. The van der Waals surface area contributed by atoms with Crippen molar-refractivity contribution < 1.29 is 4.74 Å². The summed E-state index contributed by atoms with van der Waals surface area (Å²) < 4.78 is 5.54. The van der Waals surface area contributed by atoms with Crippen molar-refractivity contribution in [1.82, 2.24) is 5.32 Å². The van der Waals surface area contributed by atoms with Crippen LogP contribution in [-0.2, 0) is 4.74 Å². The highest BCUT2D eigenvalue weighted by Crippen LogP contribution is 2.12. The summed E-state index contributed by atoms with van der Waals surface area (Å²) in [6.07, 6.45) is 0. The lowest BCUT2D eigenvalue weighted by molar-refractivity contribution is 0.110. The molecule has 0 aliphatic carbocycles. The summed E-state index contributed by atoms with van der Waals surface area (Å²) in [5.74, 6) is 0.615. The first-order chi connectivity index (χ1) is 8.09. The second-order valence-corrected chi connectivity index (χ2v) is 5.06. The number of nitrogens with one attached hydrogen (secondary N) is 1. The Labute approximate surface area is 105 Å². The molecule has 0 radical (unpaired) electrons. The topological polar surface area (TPSA) is 21.3 Å². The van der Waals surface area contributed by atoms with Gasteiger partial charge in [0.2, 0.25) is 0 Å². The molecule has 0 unspecified atom stereocenters. The molecule has 0 saturated carbocycles. The van der Waals surface area contributed by atoms with Gasteiger partial charge in [0.25, 0.3) is 0 Å². The minimum absolute atomic E-state index is 0.387. The van der Waals surface area contributed by atoms with Crippen LogP contribution < -0.4 is 5.32 Å². The minimum Gasteiger partial charge on any atom is -0.380 e. The summed E-state index contributed by atoms with van der Waals surface area (Å²) in [5.41, 5.74) is 2.64. The highest BCUT2D eigenvalue weighted by Gasteiger charge is 2.03. The van der Waals surface area contributed by atoms with Gasteiger partial charge in [0.1, 0.15) is 0 Å². The van der Waals surface area contributed by atoms with E-state index in [1.807, 2.05) is 0 Å². The zero-order chi connectivity index (χ0) is 12.7. The molecule has 1 atom stereocenters. The van der Waals surface area contributed by atoms with E-state index in [0.29, 0.717) is 12.0 Å². The van der Waals surface area contributed by atoms with Crippen LogP contribution in [0.2, 0.25) is 0 Å². The Morgan fingerprint density at radius 3 is 2.35 bits per heavy atom. The minimum atomic E-state index is 0.387. The van der Waals surface area contributed by atoms with E-state index in [1.165, 1.54) is 11.1 Å². The Bertz CT molecular complexity index is 305. The number of rotatable bonds is 7. The largest absolute Gasteiger partial charge is 0.380 e. The summed E-state index contributed by atoms with van der Waals surface area (Å²) >= 11 is 0. The monoisotopic (exact) mass is 235 g/mol. The van der Waals surface area contributed by atoms with E-state index >= 15 is 0 Å². The van der Waals surface area contributed by atoms with Gasteiger partial charge in [-0.3, -0.25) is 0 Å². The van der Waals surface area contributed by atoms with Crippen LogP contribution in [0.25, 0.3) is 0 Å². The molecular weight excluding hydrogens is 210 g/mol. The van der Waals surface area contributed by atoms with E-state index in [1.54, 1.807) is 0 Å². The molecule has 0 spiro atoms. The van der Waals surface area contributed by atoms with Gasteiger partial charge in [-0.2, -0.15) is 0 Å². The van der Waals surface area contributed by atoms with Crippen LogP contribution in [0.1, 0.15) is 37.9 Å². The Hall–Kier alpha value is -0.860. The Kier molecular flexibility index (Phi) is 6.23. The lowest BCUT2D eigenvalue weighted by Crippen LogP contribution is -2.23. The van der Waals surface area contributed by atoms with Crippen molar-refractivity contribution in [1.29, 1.82) is 0 Å². The SMILES string of the molecule is Cc1ccc([C@H](C)NCCOCC(C)C)cc1. The van der Waals surface area contributed by atoms with Gasteiger partial charge in [-0.1, -0.05) is 43.7 Å². The number of benzene rings is 1. The summed E-state index contributed by atoms with van der Waals surface area (Å²) in [7, 11) is 0. The predicted octanol–water partition coefficient (Wildman–Crippen LogP) is 3.32. The third-order valence-corrected chi connectivity index (χ3v) is 2.73. The van der Waals surface area contributed by atoms with Crippen molar-refractivity contribution in [3.63, 3.8) is 0 Å². The number of aryl methyl sites for hydroxylation is 1. The fourth-order valence-electron chi connectivity index (χ4n) is 1.64. The Balaban J connectivity index is 2.21.